The van der Waals surface area contributed by atoms with Crippen LogP contribution in [0.25, 0.3) is 27.5 Å². The van der Waals surface area contributed by atoms with Gasteiger partial charge in [-0.3, -0.25) is 0 Å². The number of carboxylic acid groups (broad SMARTS) is 1. The van der Waals surface area contributed by atoms with Gasteiger partial charge in [-0.1, -0.05) is 34.5 Å². The van der Waals surface area contributed by atoms with Crippen LogP contribution in [-0.4, -0.2) is 35.8 Å². The lowest BCUT2D eigenvalue weighted by molar-refractivity contribution is 0.0688. The summed E-state index contributed by atoms with van der Waals surface area (Å²) >= 11 is 15.5. The van der Waals surface area contributed by atoms with Gasteiger partial charge in [0.15, 0.2) is 5.69 Å². The van der Waals surface area contributed by atoms with Gasteiger partial charge in [0.2, 0.25) is 5.13 Å². The molecule has 0 amide bonds. The number of fused-ring (bicyclic) bond motifs is 3. The molecule has 0 saturated carbocycles. The van der Waals surface area contributed by atoms with E-state index in [1.54, 1.807) is 31.1 Å². The van der Waals surface area contributed by atoms with E-state index in [1.165, 1.54) is 22.3 Å². The fraction of sp³-hybridized carbons (Fsp3) is 0.150. The van der Waals surface area contributed by atoms with Gasteiger partial charge < -0.3 is 5.11 Å². The summed E-state index contributed by atoms with van der Waals surface area (Å²) in [5.41, 5.74) is 4.32. The molecule has 5 rings (SSSR count). The summed E-state index contributed by atoms with van der Waals surface area (Å²) in [4.78, 5) is 25.0. The maximum atomic E-state index is 12.2. The van der Waals surface area contributed by atoms with E-state index in [-0.39, 0.29) is 10.9 Å². The lowest BCUT2D eigenvalue weighted by Crippen LogP contribution is -2.09. The largest absolute Gasteiger partial charge is 0.476 e. The number of thioether (sulfide) groups is 1. The number of aromatic carboxylic acids is 1. The predicted octanol–water partition coefficient (Wildman–Crippen LogP) is 5.93. The van der Waals surface area contributed by atoms with Crippen LogP contribution in [0.3, 0.4) is 0 Å². The van der Waals surface area contributed by atoms with Crippen molar-refractivity contribution in [1.29, 1.82) is 0 Å². The van der Waals surface area contributed by atoms with Gasteiger partial charge in [0.05, 0.1) is 25.6 Å². The van der Waals surface area contributed by atoms with Crippen molar-refractivity contribution in [3.8, 4) is 27.5 Å². The van der Waals surface area contributed by atoms with Crippen molar-refractivity contribution in [1.82, 2.24) is 24.7 Å². The average Bonchev–Trinajstić information content (AvgIpc) is 3.31. The molecule has 1 unspecified atom stereocenters. The van der Waals surface area contributed by atoms with Crippen LogP contribution in [0, 0.1) is 6.92 Å². The van der Waals surface area contributed by atoms with E-state index in [0.29, 0.717) is 32.0 Å². The van der Waals surface area contributed by atoms with E-state index < -0.39 is 5.97 Å². The SMILES string of the molecule is Cc1nn(-c2nc3c(s2)SC(C)c2cc(Cl)c(Cl)cc2-3)c(C(=O)O)c1-c1cncnc1. The fourth-order valence-electron chi connectivity index (χ4n) is 3.60. The third kappa shape index (κ3) is 3.32. The van der Waals surface area contributed by atoms with Gasteiger partial charge >= 0.3 is 5.97 Å². The second kappa shape index (κ2) is 7.59. The van der Waals surface area contributed by atoms with Crippen LogP contribution in [0.1, 0.15) is 33.9 Å². The van der Waals surface area contributed by atoms with Crippen molar-refractivity contribution in [2.45, 2.75) is 23.3 Å². The first-order chi connectivity index (χ1) is 14.8. The van der Waals surface area contributed by atoms with E-state index in [2.05, 4.69) is 22.0 Å². The molecular weight excluding hydrogens is 477 g/mol. The minimum Gasteiger partial charge on any atom is -0.476 e. The molecule has 1 atom stereocenters. The molecule has 11 heteroatoms. The van der Waals surface area contributed by atoms with Crippen molar-refractivity contribution < 1.29 is 9.90 Å². The Balaban J connectivity index is 1.71. The molecule has 4 heterocycles. The summed E-state index contributed by atoms with van der Waals surface area (Å²) < 4.78 is 2.35. The fourth-order valence-corrected chi connectivity index (χ4v) is 6.47. The summed E-state index contributed by atoms with van der Waals surface area (Å²) in [7, 11) is 0. The number of thiazole rings is 1. The van der Waals surface area contributed by atoms with Crippen molar-refractivity contribution in [2.24, 2.45) is 0 Å². The molecule has 0 radical (unpaired) electrons. The molecule has 7 nitrogen and oxygen atoms in total. The van der Waals surface area contributed by atoms with E-state index in [4.69, 9.17) is 28.2 Å². The van der Waals surface area contributed by atoms with Gasteiger partial charge in [0, 0.05) is 34.3 Å². The lowest BCUT2D eigenvalue weighted by Gasteiger charge is -2.21. The third-order valence-corrected chi connectivity index (χ3v) is 8.05. The number of hydrogen-bond acceptors (Lipinski definition) is 7. The van der Waals surface area contributed by atoms with Crippen molar-refractivity contribution in [3.63, 3.8) is 0 Å². The Morgan fingerprint density at radius 2 is 1.90 bits per heavy atom. The smallest absolute Gasteiger partial charge is 0.355 e. The third-order valence-electron chi connectivity index (χ3n) is 4.95. The minimum atomic E-state index is -1.11. The first kappa shape index (κ1) is 20.4. The molecule has 1 aliphatic heterocycles. The van der Waals surface area contributed by atoms with Gasteiger partial charge in [0.1, 0.15) is 6.33 Å². The summed E-state index contributed by atoms with van der Waals surface area (Å²) in [5.74, 6) is -1.11. The second-order valence-corrected chi connectivity index (χ2v) is 10.3. The number of aryl methyl sites for hydroxylation is 1. The van der Waals surface area contributed by atoms with Crippen LogP contribution in [-0.2, 0) is 0 Å². The Kier molecular flexibility index (Phi) is 5.01. The molecule has 0 aliphatic carbocycles. The normalized spacial score (nSPS) is 14.9. The van der Waals surface area contributed by atoms with Crippen molar-refractivity contribution in [2.75, 3.05) is 0 Å². The molecule has 0 bridgehead atoms. The maximum Gasteiger partial charge on any atom is 0.355 e. The zero-order valence-electron chi connectivity index (χ0n) is 16.1. The number of nitrogens with zero attached hydrogens (tertiary/aromatic N) is 5. The number of carbonyl (C=O) groups is 1. The van der Waals surface area contributed by atoms with Crippen LogP contribution in [0.5, 0.6) is 0 Å². The van der Waals surface area contributed by atoms with Gasteiger partial charge in [-0.25, -0.2) is 19.7 Å². The molecule has 0 spiro atoms. The predicted molar refractivity (Wildman–Crippen MR) is 122 cm³/mol. The minimum absolute atomic E-state index is 0.0193. The second-order valence-electron chi connectivity index (χ2n) is 6.90. The van der Waals surface area contributed by atoms with Crippen LogP contribution in [0.15, 0.2) is 35.1 Å². The number of aromatic nitrogens is 5. The van der Waals surface area contributed by atoms with Crippen LogP contribution >= 0.6 is 46.3 Å². The lowest BCUT2D eigenvalue weighted by atomic mass is 10.0. The standard InChI is InChI=1S/C20H13Cl2N5O2S2/c1-8-15(10-5-23-7-24-6-10)17(18(28)29)27(26-8)20-25-16-12-4-14(22)13(21)3-11(12)9(2)30-19(16)31-20/h3-7,9H,1-2H3,(H,28,29). The van der Waals surface area contributed by atoms with Gasteiger partial charge in [-0.2, -0.15) is 9.78 Å². The highest BCUT2D eigenvalue weighted by molar-refractivity contribution is 8.01. The Morgan fingerprint density at radius 3 is 2.61 bits per heavy atom. The number of benzene rings is 1. The molecule has 1 aromatic carbocycles. The highest BCUT2D eigenvalue weighted by Crippen LogP contribution is 2.53. The molecule has 0 saturated heterocycles. The van der Waals surface area contributed by atoms with E-state index in [1.807, 2.05) is 12.1 Å². The van der Waals surface area contributed by atoms with Gasteiger partial charge in [-0.15, -0.1) is 11.8 Å². The molecular formula is C20H13Cl2N5O2S2. The summed E-state index contributed by atoms with van der Waals surface area (Å²) in [6, 6.07) is 3.68. The summed E-state index contributed by atoms with van der Waals surface area (Å²) in [6.45, 7) is 3.84. The quantitative estimate of drug-likeness (QED) is 0.380. The molecule has 1 aliphatic rings. The number of hydrogen-bond donors (Lipinski definition) is 1. The Morgan fingerprint density at radius 1 is 1.19 bits per heavy atom. The number of halogens is 2. The summed E-state index contributed by atoms with van der Waals surface area (Å²) in [5, 5.41) is 16.1. The number of rotatable bonds is 3. The first-order valence-corrected chi connectivity index (χ1v) is 11.6. The van der Waals surface area contributed by atoms with Crippen LogP contribution in [0.4, 0.5) is 0 Å². The monoisotopic (exact) mass is 489 g/mol. The van der Waals surface area contributed by atoms with E-state index in [9.17, 15) is 9.90 Å². The average molecular weight is 490 g/mol. The van der Waals surface area contributed by atoms with Crippen LogP contribution in [0.2, 0.25) is 10.0 Å². The number of carboxylic acids is 1. The molecule has 31 heavy (non-hydrogen) atoms. The van der Waals surface area contributed by atoms with Crippen LogP contribution < -0.4 is 0 Å². The topological polar surface area (TPSA) is 93.8 Å². The van der Waals surface area contributed by atoms with Crippen molar-refractivity contribution >= 4 is 52.3 Å². The molecule has 3 aromatic heterocycles. The Hall–Kier alpha value is -2.46. The molecule has 0 fully saturated rings. The first-order valence-electron chi connectivity index (χ1n) is 9.10. The molecule has 4 aromatic rings. The van der Waals surface area contributed by atoms with Crippen molar-refractivity contribution in [3.05, 3.63) is 57.9 Å². The summed E-state index contributed by atoms with van der Waals surface area (Å²) in [6.07, 6.45) is 4.53. The van der Waals surface area contributed by atoms with Gasteiger partial charge in [0.25, 0.3) is 0 Å². The highest BCUT2D eigenvalue weighted by atomic mass is 35.5. The maximum absolute atomic E-state index is 12.2. The zero-order valence-corrected chi connectivity index (χ0v) is 19.3. The van der Waals surface area contributed by atoms with E-state index >= 15 is 0 Å². The highest BCUT2D eigenvalue weighted by Gasteiger charge is 2.30. The molecule has 156 valence electrons. The Bertz CT molecular complexity index is 1350. The molecule has 1 N–H and O–H groups in total. The Labute approximate surface area is 195 Å². The van der Waals surface area contributed by atoms with Gasteiger partial charge in [-0.05, 0) is 31.5 Å². The van der Waals surface area contributed by atoms with E-state index in [0.717, 1.165) is 21.0 Å². The zero-order chi connectivity index (χ0) is 21.9.